The molecular formula is C38H56N6O4Si2. The Kier molecular flexibility index (Phi) is 10.3. The summed E-state index contributed by atoms with van der Waals surface area (Å²) in [6.07, 6.45) is 5.37. The third-order valence-corrected chi connectivity index (χ3v) is 13.2. The maximum Gasteiger partial charge on any atom is 0.164 e. The number of hydrogen-bond acceptors (Lipinski definition) is 9. The van der Waals surface area contributed by atoms with Gasteiger partial charge in [0.1, 0.15) is 43.3 Å². The van der Waals surface area contributed by atoms with Gasteiger partial charge in [0.2, 0.25) is 0 Å². The van der Waals surface area contributed by atoms with E-state index in [-0.39, 0.29) is 17.6 Å². The van der Waals surface area contributed by atoms with E-state index in [1.165, 1.54) is 5.56 Å². The van der Waals surface area contributed by atoms with Gasteiger partial charge >= 0.3 is 0 Å². The van der Waals surface area contributed by atoms with Crippen molar-refractivity contribution in [3.63, 3.8) is 0 Å². The Morgan fingerprint density at radius 2 is 1.58 bits per heavy atom. The van der Waals surface area contributed by atoms with Gasteiger partial charge in [0.05, 0.1) is 11.2 Å². The maximum absolute atomic E-state index is 6.64. The molecule has 270 valence electrons. The molecule has 3 atom stereocenters. The zero-order valence-electron chi connectivity index (χ0n) is 31.5. The lowest BCUT2D eigenvalue weighted by Gasteiger charge is -2.30. The fraction of sp³-hybridized carbons (Fsp3) is 0.553. The van der Waals surface area contributed by atoms with Crippen LogP contribution in [-0.2, 0) is 25.4 Å². The summed E-state index contributed by atoms with van der Waals surface area (Å²) in [5.41, 5.74) is 10.8. The van der Waals surface area contributed by atoms with Crippen molar-refractivity contribution < 1.29 is 18.9 Å². The Balaban J connectivity index is 1.28. The van der Waals surface area contributed by atoms with Gasteiger partial charge in [0.25, 0.3) is 0 Å². The van der Waals surface area contributed by atoms with Gasteiger partial charge in [-0.15, -0.1) is 0 Å². The molecule has 1 aliphatic carbocycles. The number of nitrogen functional groups attached to an aromatic ring is 1. The summed E-state index contributed by atoms with van der Waals surface area (Å²) in [4.78, 5) is 11.4. The summed E-state index contributed by atoms with van der Waals surface area (Å²) in [6, 6.07) is 16.8. The highest BCUT2D eigenvalue weighted by Crippen LogP contribution is 2.52. The van der Waals surface area contributed by atoms with E-state index in [9.17, 15) is 0 Å². The van der Waals surface area contributed by atoms with E-state index < -0.39 is 21.9 Å². The number of nitrogens with zero attached hydrogens (tertiary/aromatic N) is 5. The first-order chi connectivity index (χ1) is 23.5. The fourth-order valence-electron chi connectivity index (χ4n) is 6.82. The molecule has 3 aromatic heterocycles. The number of pyridine rings is 1. The predicted molar refractivity (Wildman–Crippen MR) is 208 cm³/mol. The van der Waals surface area contributed by atoms with Crippen LogP contribution in [0.2, 0.25) is 51.4 Å². The van der Waals surface area contributed by atoms with Crippen LogP contribution in [0.5, 0.6) is 0 Å². The van der Waals surface area contributed by atoms with Crippen molar-refractivity contribution in [3.8, 4) is 0 Å². The Hall–Kier alpha value is -3.14. The van der Waals surface area contributed by atoms with Crippen molar-refractivity contribution in [2.24, 2.45) is 5.41 Å². The van der Waals surface area contributed by atoms with Crippen LogP contribution < -0.4 is 10.6 Å². The number of nitrogens with two attached hydrogens (primary N) is 1. The van der Waals surface area contributed by atoms with E-state index >= 15 is 0 Å². The second-order valence-corrected chi connectivity index (χ2v) is 28.4. The molecule has 2 N–H and O–H groups in total. The summed E-state index contributed by atoms with van der Waals surface area (Å²) >= 11 is 0. The normalized spacial score (nSPS) is 22.0. The first kappa shape index (κ1) is 36.6. The SMILES string of the molecule is CC1(C)O[C@H]2C(c3ccc4c(N(COCC[Si](C)(C)C)COCC[Si](C)(C)C)ncnn34)=C[C@](C)(CCc3ccc4ccc(N)nc4c3)[C@H]2O1. The van der Waals surface area contributed by atoms with Crippen LogP contribution >= 0.6 is 0 Å². The highest BCUT2D eigenvalue weighted by molar-refractivity contribution is 6.76. The molecule has 1 aliphatic heterocycles. The lowest BCUT2D eigenvalue weighted by molar-refractivity contribution is -0.153. The molecular weight excluding hydrogens is 661 g/mol. The van der Waals surface area contributed by atoms with Gasteiger partial charge in [-0.1, -0.05) is 64.4 Å². The Bertz CT molecular complexity index is 1830. The number of hydrogen-bond donors (Lipinski definition) is 1. The molecule has 1 aromatic carbocycles. The van der Waals surface area contributed by atoms with Gasteiger partial charge < -0.3 is 29.6 Å². The van der Waals surface area contributed by atoms with Crippen LogP contribution in [0.15, 0.2) is 54.9 Å². The molecule has 4 heterocycles. The van der Waals surface area contributed by atoms with Crippen molar-refractivity contribution in [1.29, 1.82) is 0 Å². The number of fused-ring (bicyclic) bond motifs is 3. The molecule has 50 heavy (non-hydrogen) atoms. The molecule has 0 unspecified atom stereocenters. The molecule has 0 amide bonds. The van der Waals surface area contributed by atoms with Crippen molar-refractivity contribution in [3.05, 3.63) is 66.1 Å². The molecule has 0 radical (unpaired) electrons. The minimum absolute atomic E-state index is 0.135. The molecule has 1 saturated heterocycles. The number of benzene rings is 1. The van der Waals surface area contributed by atoms with Gasteiger partial charge in [-0.3, -0.25) is 0 Å². The van der Waals surface area contributed by atoms with Crippen LogP contribution in [0.3, 0.4) is 0 Å². The largest absolute Gasteiger partial charge is 0.384 e. The van der Waals surface area contributed by atoms with Gasteiger partial charge in [-0.05, 0) is 74.7 Å². The molecule has 1 fully saturated rings. The number of aryl methyl sites for hydroxylation is 1. The number of anilines is 2. The third-order valence-electron chi connectivity index (χ3n) is 9.78. The quantitative estimate of drug-likeness (QED) is 0.0748. The minimum atomic E-state index is -1.22. The maximum atomic E-state index is 6.64. The van der Waals surface area contributed by atoms with Crippen molar-refractivity contribution in [2.45, 2.75) is 103 Å². The molecule has 0 saturated carbocycles. The van der Waals surface area contributed by atoms with E-state index in [1.807, 2.05) is 30.5 Å². The summed E-state index contributed by atoms with van der Waals surface area (Å²) in [5.74, 6) is 0.621. The average molecular weight is 717 g/mol. The molecule has 6 rings (SSSR count). The number of rotatable bonds is 15. The van der Waals surface area contributed by atoms with Crippen LogP contribution in [0, 0.1) is 5.41 Å². The standard InChI is InChI=1S/C38H56N6O4Si2/c1-37(2)47-34-29(23-38(3,35(34)48-37)17-16-27-10-11-28-12-15-33(39)42-30(28)22-27)31-13-14-32-36(40-24-41-44(31)32)43(25-45-18-20-49(4,5)6)26-46-19-21-50(7,8)9/h10-15,22-24,34-35H,16-21,25-26H2,1-9H3,(H2,39,42)/t34-,35-,38-/m0/s1. The third kappa shape index (κ3) is 8.48. The molecule has 4 aromatic rings. The zero-order valence-corrected chi connectivity index (χ0v) is 33.5. The van der Waals surface area contributed by atoms with E-state index in [4.69, 9.17) is 34.8 Å². The average Bonchev–Trinajstić information content (AvgIpc) is 3.68. The second-order valence-electron chi connectivity index (χ2n) is 17.2. The van der Waals surface area contributed by atoms with E-state index in [2.05, 4.69) is 92.5 Å². The smallest absolute Gasteiger partial charge is 0.164 e. The number of aromatic nitrogens is 4. The molecule has 10 nitrogen and oxygen atoms in total. The van der Waals surface area contributed by atoms with Gasteiger partial charge in [-0.2, -0.15) is 5.10 Å². The Labute approximate surface area is 299 Å². The summed E-state index contributed by atoms with van der Waals surface area (Å²) in [5, 5.41) is 5.85. The van der Waals surface area contributed by atoms with Crippen LogP contribution in [0.1, 0.15) is 38.4 Å². The number of ether oxygens (including phenoxy) is 4. The van der Waals surface area contributed by atoms with Crippen LogP contribution in [0.25, 0.3) is 22.0 Å². The van der Waals surface area contributed by atoms with Gasteiger partial charge in [0, 0.05) is 45.7 Å². The van der Waals surface area contributed by atoms with E-state index in [1.54, 1.807) is 6.33 Å². The lowest BCUT2D eigenvalue weighted by Crippen LogP contribution is -2.34. The molecule has 2 aliphatic rings. The first-order valence-electron chi connectivity index (χ1n) is 18.0. The fourth-order valence-corrected chi connectivity index (χ4v) is 8.33. The van der Waals surface area contributed by atoms with Gasteiger partial charge in [0.15, 0.2) is 11.6 Å². The second kappa shape index (κ2) is 14.1. The van der Waals surface area contributed by atoms with E-state index in [0.29, 0.717) is 19.3 Å². The molecule has 0 bridgehead atoms. The lowest BCUT2D eigenvalue weighted by atomic mass is 9.81. The van der Waals surface area contributed by atoms with Crippen molar-refractivity contribution in [2.75, 3.05) is 37.3 Å². The minimum Gasteiger partial charge on any atom is -0.384 e. The van der Waals surface area contributed by atoms with Gasteiger partial charge in [-0.25, -0.2) is 14.5 Å². The van der Waals surface area contributed by atoms with Crippen LogP contribution in [-0.4, -0.2) is 80.4 Å². The Morgan fingerprint density at radius 3 is 2.26 bits per heavy atom. The Morgan fingerprint density at radius 1 is 0.900 bits per heavy atom. The summed E-state index contributed by atoms with van der Waals surface area (Å²) in [6.45, 7) is 22.8. The molecule has 0 spiro atoms. The molecule has 12 heteroatoms. The highest BCUT2D eigenvalue weighted by atomic mass is 28.3. The monoisotopic (exact) mass is 716 g/mol. The summed E-state index contributed by atoms with van der Waals surface area (Å²) < 4.78 is 27.7. The zero-order chi connectivity index (χ0) is 35.9. The highest BCUT2D eigenvalue weighted by Gasteiger charge is 2.55. The topological polar surface area (TPSA) is 109 Å². The first-order valence-corrected chi connectivity index (χ1v) is 25.4. The van der Waals surface area contributed by atoms with E-state index in [0.717, 1.165) is 71.6 Å². The summed E-state index contributed by atoms with van der Waals surface area (Å²) in [7, 11) is -2.45. The van der Waals surface area contributed by atoms with Crippen LogP contribution in [0.4, 0.5) is 11.6 Å². The predicted octanol–water partition coefficient (Wildman–Crippen LogP) is 7.85. The van der Waals surface area contributed by atoms with Crippen molar-refractivity contribution >= 4 is 49.8 Å². The van der Waals surface area contributed by atoms with Crippen molar-refractivity contribution in [1.82, 2.24) is 19.6 Å².